The third kappa shape index (κ3) is 5.24. The second kappa shape index (κ2) is 8.60. The van der Waals surface area contributed by atoms with Crippen molar-refractivity contribution in [3.8, 4) is 11.5 Å². The summed E-state index contributed by atoms with van der Waals surface area (Å²) in [6, 6.07) is 12.4. The third-order valence-electron chi connectivity index (χ3n) is 3.85. The number of amides is 1. The van der Waals surface area contributed by atoms with Crippen LogP contribution in [0.3, 0.4) is 0 Å². The lowest BCUT2D eigenvalue weighted by Crippen LogP contribution is -2.35. The van der Waals surface area contributed by atoms with E-state index in [-0.39, 0.29) is 12.7 Å². The van der Waals surface area contributed by atoms with Gasteiger partial charge in [-0.05, 0) is 48.4 Å². The molecule has 2 aromatic carbocycles. The highest BCUT2D eigenvalue weighted by molar-refractivity contribution is 6.30. The number of hydrogen-bond donors (Lipinski definition) is 1. The highest BCUT2D eigenvalue weighted by Crippen LogP contribution is 2.32. The molecule has 0 aromatic heterocycles. The fraction of sp³-hybridized carbons (Fsp3) is 0.200. The maximum absolute atomic E-state index is 12.1. The molecule has 0 radical (unpaired) electrons. The zero-order valence-electron chi connectivity index (χ0n) is 14.6. The summed E-state index contributed by atoms with van der Waals surface area (Å²) in [5.74, 6) is 0.303. The first kappa shape index (κ1) is 18.8. The van der Waals surface area contributed by atoms with Crippen molar-refractivity contribution in [1.82, 2.24) is 5.32 Å². The van der Waals surface area contributed by atoms with E-state index in [0.717, 1.165) is 11.1 Å². The van der Waals surface area contributed by atoms with Crippen molar-refractivity contribution in [2.24, 2.45) is 0 Å². The van der Waals surface area contributed by atoms with Crippen molar-refractivity contribution in [2.75, 3.05) is 6.79 Å². The molecule has 3 rings (SSSR count). The molecule has 27 heavy (non-hydrogen) atoms. The van der Waals surface area contributed by atoms with E-state index in [1.807, 2.05) is 12.1 Å². The van der Waals surface area contributed by atoms with E-state index < -0.39 is 12.1 Å². The standard InChI is InChI=1S/C20H18ClNO5/c1-13(20(24)22-11-15-2-6-16(21)7-3-15)27-19(23)9-5-14-4-8-17-18(10-14)26-12-25-17/h2-10,13H,11-12H2,1H3,(H,22,24)/b9-5+. The van der Waals surface area contributed by atoms with Gasteiger partial charge in [-0.15, -0.1) is 0 Å². The Balaban J connectivity index is 1.47. The SMILES string of the molecule is CC(OC(=O)/C=C/c1ccc2c(c1)OCO2)C(=O)NCc1ccc(Cl)cc1. The highest BCUT2D eigenvalue weighted by atomic mass is 35.5. The number of ether oxygens (including phenoxy) is 3. The van der Waals surface area contributed by atoms with Gasteiger partial charge < -0.3 is 19.5 Å². The summed E-state index contributed by atoms with van der Waals surface area (Å²) in [5, 5.41) is 3.34. The summed E-state index contributed by atoms with van der Waals surface area (Å²) in [7, 11) is 0. The summed E-state index contributed by atoms with van der Waals surface area (Å²) in [6.45, 7) is 2.03. The Morgan fingerprint density at radius 1 is 1.19 bits per heavy atom. The van der Waals surface area contributed by atoms with E-state index in [2.05, 4.69) is 5.32 Å². The molecule has 140 valence electrons. The number of esters is 1. The second-order valence-electron chi connectivity index (χ2n) is 5.87. The van der Waals surface area contributed by atoms with Gasteiger partial charge in [0.2, 0.25) is 6.79 Å². The summed E-state index contributed by atoms with van der Waals surface area (Å²) in [6.07, 6.45) is 1.94. The minimum atomic E-state index is -0.911. The van der Waals surface area contributed by atoms with Gasteiger partial charge in [0.1, 0.15) is 0 Å². The molecule has 0 bridgehead atoms. The van der Waals surface area contributed by atoms with Crippen molar-refractivity contribution in [2.45, 2.75) is 19.6 Å². The van der Waals surface area contributed by atoms with Gasteiger partial charge in [0.25, 0.3) is 5.91 Å². The Labute approximate surface area is 161 Å². The summed E-state index contributed by atoms with van der Waals surface area (Å²) in [5.41, 5.74) is 1.66. The van der Waals surface area contributed by atoms with E-state index in [1.54, 1.807) is 36.4 Å². The number of benzene rings is 2. The van der Waals surface area contributed by atoms with Crippen molar-refractivity contribution < 1.29 is 23.8 Å². The maximum atomic E-state index is 12.1. The van der Waals surface area contributed by atoms with Crippen molar-refractivity contribution in [3.63, 3.8) is 0 Å². The number of fused-ring (bicyclic) bond motifs is 1. The molecule has 7 heteroatoms. The van der Waals surface area contributed by atoms with Crippen LogP contribution in [0, 0.1) is 0 Å². The van der Waals surface area contributed by atoms with E-state index in [1.165, 1.54) is 13.0 Å². The van der Waals surface area contributed by atoms with Gasteiger partial charge in [-0.25, -0.2) is 4.79 Å². The number of nitrogens with one attached hydrogen (secondary N) is 1. The van der Waals surface area contributed by atoms with E-state index >= 15 is 0 Å². The van der Waals surface area contributed by atoms with Gasteiger partial charge in [-0.2, -0.15) is 0 Å². The Morgan fingerprint density at radius 3 is 2.70 bits per heavy atom. The summed E-state index contributed by atoms with van der Waals surface area (Å²) < 4.78 is 15.6. The smallest absolute Gasteiger partial charge is 0.331 e. The van der Waals surface area contributed by atoms with E-state index in [9.17, 15) is 9.59 Å². The molecule has 1 atom stereocenters. The highest BCUT2D eigenvalue weighted by Gasteiger charge is 2.16. The number of carbonyl (C=O) groups excluding carboxylic acids is 2. The van der Waals surface area contributed by atoms with E-state index in [0.29, 0.717) is 23.1 Å². The van der Waals surface area contributed by atoms with Crippen LogP contribution in [0.2, 0.25) is 5.02 Å². The lowest BCUT2D eigenvalue weighted by molar-refractivity contribution is -0.150. The fourth-order valence-corrected chi connectivity index (χ4v) is 2.51. The van der Waals surface area contributed by atoms with Gasteiger partial charge in [0.05, 0.1) is 0 Å². The third-order valence-corrected chi connectivity index (χ3v) is 4.10. The van der Waals surface area contributed by atoms with Crippen LogP contribution in [0.5, 0.6) is 11.5 Å². The molecule has 0 saturated heterocycles. The largest absolute Gasteiger partial charge is 0.454 e. The molecule has 0 saturated carbocycles. The molecule has 1 aliphatic heterocycles. The number of rotatable bonds is 6. The molecule has 1 amide bonds. The summed E-state index contributed by atoms with van der Waals surface area (Å²) >= 11 is 5.82. The number of halogens is 1. The average Bonchev–Trinajstić information content (AvgIpc) is 3.13. The minimum Gasteiger partial charge on any atom is -0.454 e. The zero-order chi connectivity index (χ0) is 19.2. The Kier molecular flexibility index (Phi) is 5.98. The number of carbonyl (C=O) groups is 2. The van der Waals surface area contributed by atoms with Crippen LogP contribution in [0.25, 0.3) is 6.08 Å². The van der Waals surface area contributed by atoms with E-state index in [4.69, 9.17) is 25.8 Å². The Morgan fingerprint density at radius 2 is 1.93 bits per heavy atom. The summed E-state index contributed by atoms with van der Waals surface area (Å²) in [4.78, 5) is 24.0. The molecule has 1 N–H and O–H groups in total. The first-order valence-corrected chi connectivity index (χ1v) is 8.69. The lowest BCUT2D eigenvalue weighted by atomic mass is 10.2. The van der Waals surface area contributed by atoms with Crippen LogP contribution in [0.15, 0.2) is 48.5 Å². The van der Waals surface area contributed by atoms with Gasteiger partial charge in [0.15, 0.2) is 17.6 Å². The fourth-order valence-electron chi connectivity index (χ4n) is 2.38. The van der Waals surface area contributed by atoms with Crippen molar-refractivity contribution in [1.29, 1.82) is 0 Å². The first-order chi connectivity index (χ1) is 13.0. The molecule has 0 aliphatic carbocycles. The normalized spacial score (nSPS) is 13.4. The van der Waals surface area contributed by atoms with Crippen LogP contribution in [0.4, 0.5) is 0 Å². The molecule has 1 aliphatic rings. The van der Waals surface area contributed by atoms with Gasteiger partial charge in [-0.1, -0.05) is 29.8 Å². The van der Waals surface area contributed by atoms with Crippen LogP contribution in [0.1, 0.15) is 18.1 Å². The first-order valence-electron chi connectivity index (χ1n) is 8.32. The van der Waals surface area contributed by atoms with Crippen molar-refractivity contribution in [3.05, 3.63) is 64.7 Å². The molecular weight excluding hydrogens is 370 g/mol. The lowest BCUT2D eigenvalue weighted by Gasteiger charge is -2.12. The monoisotopic (exact) mass is 387 g/mol. The zero-order valence-corrected chi connectivity index (χ0v) is 15.4. The second-order valence-corrected chi connectivity index (χ2v) is 6.31. The average molecular weight is 388 g/mol. The van der Waals surface area contributed by atoms with Gasteiger partial charge in [-0.3, -0.25) is 4.79 Å². The molecule has 0 fully saturated rings. The minimum absolute atomic E-state index is 0.188. The van der Waals surface area contributed by atoms with Crippen LogP contribution in [-0.4, -0.2) is 24.8 Å². The van der Waals surface area contributed by atoms with Crippen LogP contribution < -0.4 is 14.8 Å². The predicted octanol–water partition coefficient (Wildman–Crippen LogP) is 3.33. The number of hydrogen-bond acceptors (Lipinski definition) is 5. The molecule has 6 nitrogen and oxygen atoms in total. The predicted molar refractivity (Wildman–Crippen MR) is 100 cm³/mol. The molecule has 2 aromatic rings. The van der Waals surface area contributed by atoms with Gasteiger partial charge >= 0.3 is 5.97 Å². The topological polar surface area (TPSA) is 73.9 Å². The van der Waals surface area contributed by atoms with Crippen LogP contribution >= 0.6 is 11.6 Å². The van der Waals surface area contributed by atoms with Crippen LogP contribution in [-0.2, 0) is 20.9 Å². The Hall–Kier alpha value is -2.99. The van der Waals surface area contributed by atoms with Crippen molar-refractivity contribution >= 4 is 29.6 Å². The Bertz CT molecular complexity index is 863. The molecule has 1 unspecified atom stereocenters. The maximum Gasteiger partial charge on any atom is 0.331 e. The molecule has 0 spiro atoms. The quantitative estimate of drug-likeness (QED) is 0.608. The molecular formula is C20H18ClNO5. The van der Waals surface area contributed by atoms with Gasteiger partial charge in [0, 0.05) is 17.6 Å². The molecule has 1 heterocycles.